The highest BCUT2D eigenvalue weighted by Gasteiger charge is 2.22. The van der Waals surface area contributed by atoms with E-state index in [2.05, 4.69) is 10.6 Å². The first-order valence-electron chi connectivity index (χ1n) is 10.2. The lowest BCUT2D eigenvalue weighted by atomic mass is 10.1. The minimum atomic E-state index is -0.422. The number of rotatable bonds is 7. The third kappa shape index (κ3) is 4.55. The number of ether oxygens (including phenoxy) is 2. The summed E-state index contributed by atoms with van der Waals surface area (Å²) in [7, 11) is 0. The van der Waals surface area contributed by atoms with Gasteiger partial charge in [-0.2, -0.15) is 0 Å². The van der Waals surface area contributed by atoms with E-state index in [4.69, 9.17) is 13.9 Å². The highest BCUT2D eigenvalue weighted by molar-refractivity contribution is 6.07. The Morgan fingerprint density at radius 2 is 1.97 bits per heavy atom. The van der Waals surface area contributed by atoms with E-state index in [0.717, 1.165) is 29.0 Å². The molecule has 0 spiro atoms. The van der Waals surface area contributed by atoms with Crippen LogP contribution in [0.1, 0.15) is 45.9 Å². The zero-order chi connectivity index (χ0) is 21.8. The second-order valence-corrected chi connectivity index (χ2v) is 7.29. The van der Waals surface area contributed by atoms with Crippen molar-refractivity contribution in [2.24, 2.45) is 0 Å². The number of carbonyl (C=O) groups excluding carboxylic acids is 2. The monoisotopic (exact) mass is 420 g/mol. The maximum Gasteiger partial charge on any atom is 0.291 e. The summed E-state index contributed by atoms with van der Waals surface area (Å²) in [5, 5.41) is 5.64. The molecule has 0 aliphatic carbocycles. The van der Waals surface area contributed by atoms with Crippen molar-refractivity contribution in [3.63, 3.8) is 0 Å². The smallest absolute Gasteiger partial charge is 0.291 e. The van der Waals surface area contributed by atoms with E-state index in [-0.39, 0.29) is 24.3 Å². The van der Waals surface area contributed by atoms with Crippen LogP contribution in [0.2, 0.25) is 0 Å². The van der Waals surface area contributed by atoms with Crippen LogP contribution in [0.5, 0.6) is 11.5 Å². The number of furan rings is 1. The minimum absolute atomic E-state index is 0.124. The van der Waals surface area contributed by atoms with Crippen molar-refractivity contribution in [1.29, 1.82) is 0 Å². The van der Waals surface area contributed by atoms with Gasteiger partial charge >= 0.3 is 0 Å². The fourth-order valence-corrected chi connectivity index (χ4v) is 3.56. The highest BCUT2D eigenvalue weighted by Crippen LogP contribution is 2.35. The molecule has 2 aromatic carbocycles. The van der Waals surface area contributed by atoms with Crippen molar-refractivity contribution < 1.29 is 23.5 Å². The Hall–Kier alpha value is -3.74. The molecule has 1 aliphatic rings. The van der Waals surface area contributed by atoms with Gasteiger partial charge in [0.15, 0.2) is 5.76 Å². The van der Waals surface area contributed by atoms with Crippen molar-refractivity contribution >= 4 is 17.5 Å². The Balaban J connectivity index is 1.50. The zero-order valence-corrected chi connectivity index (χ0v) is 17.4. The number of carbonyl (C=O) groups is 2. The summed E-state index contributed by atoms with van der Waals surface area (Å²) in [4.78, 5) is 25.2. The Morgan fingerprint density at radius 3 is 2.74 bits per heavy atom. The fraction of sp³-hybridized carbons (Fsp3) is 0.250. The molecular weight excluding hydrogens is 396 g/mol. The topological polar surface area (TPSA) is 89.8 Å². The maximum absolute atomic E-state index is 12.9. The molecular formula is C24H24N2O5. The van der Waals surface area contributed by atoms with E-state index in [1.54, 1.807) is 36.4 Å². The lowest BCUT2D eigenvalue weighted by molar-refractivity contribution is 0.0951. The van der Waals surface area contributed by atoms with Crippen LogP contribution in [0.3, 0.4) is 0 Å². The number of fused-ring (bicyclic) bond motifs is 1. The average molecular weight is 420 g/mol. The normalized spacial score (nSPS) is 14.5. The van der Waals surface area contributed by atoms with Gasteiger partial charge in [0, 0.05) is 24.1 Å². The molecule has 2 heterocycles. The summed E-state index contributed by atoms with van der Waals surface area (Å²) in [5.41, 5.74) is 2.70. The van der Waals surface area contributed by atoms with Gasteiger partial charge in [-0.15, -0.1) is 0 Å². The first-order valence-corrected chi connectivity index (χ1v) is 10.2. The summed E-state index contributed by atoms with van der Waals surface area (Å²) in [5.74, 6) is 0.996. The van der Waals surface area contributed by atoms with Gasteiger partial charge in [-0.3, -0.25) is 9.59 Å². The predicted octanol–water partition coefficient (Wildman–Crippen LogP) is 4.18. The van der Waals surface area contributed by atoms with Crippen molar-refractivity contribution in [3.8, 4) is 11.5 Å². The molecule has 7 heteroatoms. The minimum Gasteiger partial charge on any atom is -0.494 e. The molecule has 3 aromatic rings. The van der Waals surface area contributed by atoms with E-state index in [0.29, 0.717) is 17.9 Å². The Kier molecular flexibility index (Phi) is 5.93. The first kappa shape index (κ1) is 20.5. The van der Waals surface area contributed by atoms with Crippen LogP contribution in [0, 0.1) is 0 Å². The molecule has 160 valence electrons. The van der Waals surface area contributed by atoms with E-state index in [1.807, 2.05) is 26.0 Å². The molecule has 31 heavy (non-hydrogen) atoms. The van der Waals surface area contributed by atoms with Crippen LogP contribution in [0.4, 0.5) is 5.69 Å². The van der Waals surface area contributed by atoms with Gasteiger partial charge < -0.3 is 24.5 Å². The quantitative estimate of drug-likeness (QED) is 0.598. The molecule has 0 bridgehead atoms. The van der Waals surface area contributed by atoms with Crippen molar-refractivity contribution in [2.45, 2.75) is 32.9 Å². The first-order chi connectivity index (χ1) is 15.0. The van der Waals surface area contributed by atoms with Gasteiger partial charge in [-0.1, -0.05) is 12.1 Å². The molecule has 0 saturated carbocycles. The third-order valence-electron chi connectivity index (χ3n) is 4.98. The number of hydrogen-bond donors (Lipinski definition) is 2. The summed E-state index contributed by atoms with van der Waals surface area (Å²) < 4.78 is 16.7. The molecule has 0 unspecified atom stereocenters. The number of benzene rings is 2. The molecule has 7 nitrogen and oxygen atoms in total. The van der Waals surface area contributed by atoms with Crippen LogP contribution < -0.4 is 20.1 Å². The van der Waals surface area contributed by atoms with Gasteiger partial charge in [0.25, 0.3) is 11.8 Å². The molecule has 0 saturated heterocycles. The summed E-state index contributed by atoms with van der Waals surface area (Å²) in [6.45, 7) is 4.74. The number of nitrogens with one attached hydrogen (secondary N) is 2. The van der Waals surface area contributed by atoms with Crippen molar-refractivity contribution in [2.75, 3.05) is 11.9 Å². The Bertz CT molecular complexity index is 1090. The molecule has 1 atom stereocenters. The second-order valence-electron chi connectivity index (χ2n) is 7.29. The van der Waals surface area contributed by atoms with Crippen molar-refractivity contribution in [1.82, 2.24) is 5.32 Å². The van der Waals surface area contributed by atoms with E-state index in [1.165, 1.54) is 6.26 Å². The lowest BCUT2D eigenvalue weighted by Crippen LogP contribution is -2.25. The van der Waals surface area contributed by atoms with E-state index in [9.17, 15) is 9.59 Å². The molecule has 4 rings (SSSR count). The average Bonchev–Trinajstić information content (AvgIpc) is 3.41. The van der Waals surface area contributed by atoms with Gasteiger partial charge in [-0.25, -0.2) is 0 Å². The van der Waals surface area contributed by atoms with Crippen molar-refractivity contribution in [3.05, 3.63) is 77.2 Å². The van der Waals surface area contributed by atoms with Gasteiger partial charge in [-0.05, 0) is 50.2 Å². The Labute approximate surface area is 180 Å². The lowest BCUT2D eigenvalue weighted by Gasteiger charge is -2.14. The SMILES string of the molecule is CCOc1cc2c(cc1CNC(=O)c1ccccc1NC(=O)c1ccco1)O[C@H](C)C2. The number of hydrogen-bond acceptors (Lipinski definition) is 5. The third-order valence-corrected chi connectivity index (χ3v) is 4.98. The number of amides is 2. The maximum atomic E-state index is 12.9. The van der Waals surface area contributed by atoms with Crippen LogP contribution in [0.25, 0.3) is 0 Å². The summed E-state index contributed by atoms with van der Waals surface area (Å²) in [6.07, 6.45) is 2.38. The fourth-order valence-electron chi connectivity index (χ4n) is 3.56. The highest BCUT2D eigenvalue weighted by atomic mass is 16.5. The number of anilines is 1. The zero-order valence-electron chi connectivity index (χ0n) is 17.4. The molecule has 0 radical (unpaired) electrons. The second kappa shape index (κ2) is 8.95. The largest absolute Gasteiger partial charge is 0.494 e. The molecule has 1 aliphatic heterocycles. The van der Waals surface area contributed by atoms with E-state index >= 15 is 0 Å². The van der Waals surface area contributed by atoms with Gasteiger partial charge in [0.2, 0.25) is 0 Å². The number of para-hydroxylation sites is 1. The Morgan fingerprint density at radius 1 is 1.13 bits per heavy atom. The van der Waals surface area contributed by atoms with Crippen LogP contribution in [-0.2, 0) is 13.0 Å². The summed E-state index contributed by atoms with van der Waals surface area (Å²) >= 11 is 0. The van der Waals surface area contributed by atoms with Gasteiger partial charge in [0.05, 0.1) is 24.1 Å². The van der Waals surface area contributed by atoms with Crippen LogP contribution >= 0.6 is 0 Å². The standard InChI is InChI=1S/C24H24N2O5/c1-3-29-21-12-16-11-15(2)31-22(16)13-17(21)14-25-23(27)18-7-4-5-8-19(18)26-24(28)20-9-6-10-30-20/h4-10,12-13,15H,3,11,14H2,1-2H3,(H,25,27)(H,26,28)/t15-/m1/s1. The molecule has 2 amide bonds. The molecule has 1 aromatic heterocycles. The predicted molar refractivity (Wildman–Crippen MR) is 116 cm³/mol. The van der Waals surface area contributed by atoms with Crippen LogP contribution in [-0.4, -0.2) is 24.5 Å². The molecule has 0 fully saturated rings. The van der Waals surface area contributed by atoms with Crippen LogP contribution in [0.15, 0.2) is 59.2 Å². The van der Waals surface area contributed by atoms with Gasteiger partial charge in [0.1, 0.15) is 17.6 Å². The molecule has 2 N–H and O–H groups in total. The summed E-state index contributed by atoms with van der Waals surface area (Å²) in [6, 6.07) is 13.9. The van der Waals surface area contributed by atoms with E-state index < -0.39 is 5.91 Å².